The average molecular weight is 243 g/mol. The van der Waals surface area contributed by atoms with Gasteiger partial charge in [-0.3, -0.25) is 9.59 Å². The molecule has 7 heteroatoms. The molecule has 7 nitrogen and oxygen atoms in total. The zero-order chi connectivity index (χ0) is 13.3. The molecule has 1 aliphatic rings. The van der Waals surface area contributed by atoms with Gasteiger partial charge < -0.3 is 21.5 Å². The molecule has 1 fully saturated rings. The molecule has 0 aromatic rings. The Labute approximate surface area is 98.7 Å². The minimum atomic E-state index is -1.16. The van der Waals surface area contributed by atoms with E-state index >= 15 is 0 Å². The summed E-state index contributed by atoms with van der Waals surface area (Å²) in [4.78, 5) is 33.2. The molecular formula is C10H17N3O4. The molecule has 0 bridgehead atoms. The lowest BCUT2D eigenvalue weighted by molar-refractivity contribution is -0.143. The van der Waals surface area contributed by atoms with Gasteiger partial charge in [0.15, 0.2) is 0 Å². The van der Waals surface area contributed by atoms with Gasteiger partial charge in [-0.1, -0.05) is 0 Å². The maximum Gasteiger partial charge on any atom is 0.315 e. The van der Waals surface area contributed by atoms with E-state index < -0.39 is 28.9 Å². The second-order valence-corrected chi connectivity index (χ2v) is 4.88. The van der Waals surface area contributed by atoms with Crippen LogP contribution in [0.4, 0.5) is 4.79 Å². The first-order valence-electron chi connectivity index (χ1n) is 5.29. The van der Waals surface area contributed by atoms with Gasteiger partial charge in [0.2, 0.25) is 5.91 Å². The Morgan fingerprint density at radius 2 is 1.88 bits per heavy atom. The molecule has 0 aromatic heterocycles. The summed E-state index contributed by atoms with van der Waals surface area (Å²) in [6, 6.07) is -0.596. The van der Waals surface area contributed by atoms with Crippen molar-refractivity contribution in [1.82, 2.24) is 10.6 Å². The predicted octanol–water partition coefficient (Wildman–Crippen LogP) is -0.586. The van der Waals surface area contributed by atoms with Crippen LogP contribution in [0.15, 0.2) is 0 Å². The number of carbonyl (C=O) groups is 3. The highest BCUT2D eigenvalue weighted by atomic mass is 16.4. The van der Waals surface area contributed by atoms with Gasteiger partial charge in [-0.2, -0.15) is 0 Å². The van der Waals surface area contributed by atoms with Crippen molar-refractivity contribution >= 4 is 17.9 Å². The Morgan fingerprint density at radius 1 is 1.35 bits per heavy atom. The van der Waals surface area contributed by atoms with Crippen LogP contribution < -0.4 is 16.4 Å². The van der Waals surface area contributed by atoms with Crippen LogP contribution in [-0.4, -0.2) is 35.1 Å². The first-order valence-corrected chi connectivity index (χ1v) is 5.29. The van der Waals surface area contributed by atoms with Crippen LogP contribution in [0.2, 0.25) is 0 Å². The fourth-order valence-electron chi connectivity index (χ4n) is 1.26. The summed E-state index contributed by atoms with van der Waals surface area (Å²) >= 11 is 0. The zero-order valence-electron chi connectivity index (χ0n) is 9.87. The largest absolute Gasteiger partial charge is 0.481 e. The van der Waals surface area contributed by atoms with Crippen LogP contribution in [0.3, 0.4) is 0 Å². The average Bonchev–Trinajstić information content (AvgIpc) is 2.94. The van der Waals surface area contributed by atoms with Crippen LogP contribution in [-0.2, 0) is 9.59 Å². The third-order valence-electron chi connectivity index (χ3n) is 2.94. The highest BCUT2D eigenvalue weighted by molar-refractivity contribution is 5.89. The number of nitrogens with one attached hydrogen (secondary N) is 2. The SMILES string of the molecule is CC(C)(NC(=O)NCC1(C(=O)O)CC1)C(N)=O. The second kappa shape index (κ2) is 4.23. The van der Waals surface area contributed by atoms with E-state index in [9.17, 15) is 14.4 Å². The molecule has 0 atom stereocenters. The fraction of sp³-hybridized carbons (Fsp3) is 0.700. The summed E-state index contributed by atoms with van der Waals surface area (Å²) in [6.07, 6.45) is 1.11. The van der Waals surface area contributed by atoms with Gasteiger partial charge in [0.25, 0.3) is 0 Å². The maximum atomic E-state index is 11.4. The summed E-state index contributed by atoms with van der Waals surface area (Å²) < 4.78 is 0. The number of nitrogens with two attached hydrogens (primary N) is 1. The van der Waals surface area contributed by atoms with E-state index in [1.54, 1.807) is 0 Å². The number of carbonyl (C=O) groups excluding carboxylic acids is 2. The molecule has 0 radical (unpaired) electrons. The van der Waals surface area contributed by atoms with Crippen molar-refractivity contribution < 1.29 is 19.5 Å². The van der Waals surface area contributed by atoms with E-state index in [0.717, 1.165) is 0 Å². The first kappa shape index (κ1) is 13.3. The van der Waals surface area contributed by atoms with E-state index in [2.05, 4.69) is 10.6 Å². The molecule has 3 amide bonds. The van der Waals surface area contributed by atoms with Gasteiger partial charge >= 0.3 is 12.0 Å². The highest BCUT2D eigenvalue weighted by Crippen LogP contribution is 2.45. The molecular weight excluding hydrogens is 226 g/mol. The van der Waals surface area contributed by atoms with Gasteiger partial charge in [-0.25, -0.2) is 4.79 Å². The standard InChI is InChI=1S/C10H17N3O4/c1-9(2,6(11)14)13-8(17)12-5-10(3-4-10)7(15)16/h3-5H2,1-2H3,(H2,11,14)(H,15,16)(H2,12,13,17). The molecule has 0 aliphatic heterocycles. The minimum Gasteiger partial charge on any atom is -0.481 e. The number of carboxylic acids is 1. The minimum absolute atomic E-state index is 0.0585. The van der Waals surface area contributed by atoms with Crippen LogP contribution in [0.5, 0.6) is 0 Å². The summed E-state index contributed by atoms with van der Waals surface area (Å²) in [7, 11) is 0. The van der Waals surface area contributed by atoms with Gasteiger partial charge in [-0.15, -0.1) is 0 Å². The molecule has 0 heterocycles. The molecule has 1 rings (SSSR count). The summed E-state index contributed by atoms with van der Waals surface area (Å²) in [5, 5.41) is 13.7. The number of rotatable bonds is 5. The molecule has 0 spiro atoms. The number of aliphatic carboxylic acids is 1. The zero-order valence-corrected chi connectivity index (χ0v) is 9.87. The van der Waals surface area contributed by atoms with Crippen molar-refractivity contribution in [3.05, 3.63) is 0 Å². The van der Waals surface area contributed by atoms with Crippen LogP contribution >= 0.6 is 0 Å². The predicted molar refractivity (Wildman–Crippen MR) is 59.1 cm³/mol. The summed E-state index contributed by atoms with van der Waals surface area (Å²) in [6.45, 7) is 3.00. The summed E-state index contributed by atoms with van der Waals surface area (Å²) in [5.74, 6) is -1.57. The Balaban J connectivity index is 2.41. The van der Waals surface area contributed by atoms with Crippen LogP contribution in [0.1, 0.15) is 26.7 Å². The second-order valence-electron chi connectivity index (χ2n) is 4.88. The third-order valence-corrected chi connectivity index (χ3v) is 2.94. The normalized spacial score (nSPS) is 17.1. The molecule has 0 aromatic carbocycles. The Hall–Kier alpha value is -1.79. The van der Waals surface area contributed by atoms with Crippen molar-refractivity contribution in [1.29, 1.82) is 0 Å². The third kappa shape index (κ3) is 3.08. The number of amides is 3. The monoisotopic (exact) mass is 243 g/mol. The quantitative estimate of drug-likeness (QED) is 0.515. The molecule has 5 N–H and O–H groups in total. The van der Waals surface area contributed by atoms with E-state index in [4.69, 9.17) is 10.8 Å². The van der Waals surface area contributed by atoms with E-state index in [0.29, 0.717) is 12.8 Å². The molecule has 1 aliphatic carbocycles. The van der Waals surface area contributed by atoms with E-state index in [-0.39, 0.29) is 6.54 Å². The van der Waals surface area contributed by atoms with E-state index in [1.165, 1.54) is 13.8 Å². The van der Waals surface area contributed by atoms with Crippen molar-refractivity contribution in [2.75, 3.05) is 6.54 Å². The van der Waals surface area contributed by atoms with Crippen molar-refractivity contribution in [2.24, 2.45) is 11.1 Å². The number of hydrogen-bond acceptors (Lipinski definition) is 3. The summed E-state index contributed by atoms with van der Waals surface area (Å²) in [5.41, 5.74) is 3.10. The van der Waals surface area contributed by atoms with Gasteiger partial charge in [0.05, 0.1) is 5.41 Å². The Bertz CT molecular complexity index is 361. The molecule has 0 unspecified atom stereocenters. The topological polar surface area (TPSA) is 122 Å². The Kier molecular flexibility index (Phi) is 3.30. The number of urea groups is 1. The number of hydrogen-bond donors (Lipinski definition) is 4. The Morgan fingerprint density at radius 3 is 2.24 bits per heavy atom. The number of primary amides is 1. The van der Waals surface area contributed by atoms with Crippen molar-refractivity contribution in [3.8, 4) is 0 Å². The van der Waals surface area contributed by atoms with Gasteiger partial charge in [0.1, 0.15) is 5.54 Å². The lowest BCUT2D eigenvalue weighted by atomic mass is 10.1. The van der Waals surface area contributed by atoms with Gasteiger partial charge in [0, 0.05) is 6.54 Å². The first-order chi connectivity index (χ1) is 7.69. The van der Waals surface area contributed by atoms with Crippen molar-refractivity contribution in [3.63, 3.8) is 0 Å². The molecule has 96 valence electrons. The fourth-order valence-corrected chi connectivity index (χ4v) is 1.26. The van der Waals surface area contributed by atoms with Gasteiger partial charge in [-0.05, 0) is 26.7 Å². The smallest absolute Gasteiger partial charge is 0.315 e. The number of carboxylic acid groups (broad SMARTS) is 1. The molecule has 17 heavy (non-hydrogen) atoms. The maximum absolute atomic E-state index is 11.4. The van der Waals surface area contributed by atoms with Crippen LogP contribution in [0, 0.1) is 5.41 Å². The lowest BCUT2D eigenvalue weighted by Gasteiger charge is -2.23. The molecule has 0 saturated heterocycles. The van der Waals surface area contributed by atoms with Crippen LogP contribution in [0.25, 0.3) is 0 Å². The van der Waals surface area contributed by atoms with E-state index in [1.807, 2.05) is 0 Å². The lowest BCUT2D eigenvalue weighted by Crippen LogP contribution is -2.56. The van der Waals surface area contributed by atoms with Crippen molar-refractivity contribution in [2.45, 2.75) is 32.2 Å². The molecule has 1 saturated carbocycles. The highest BCUT2D eigenvalue weighted by Gasteiger charge is 2.50.